The van der Waals surface area contributed by atoms with E-state index in [1.807, 2.05) is 0 Å². The third kappa shape index (κ3) is 2.72. The molecular weight excluding hydrogens is 304 g/mol. The van der Waals surface area contributed by atoms with Gasteiger partial charge in [0, 0.05) is 22.0 Å². The SMILES string of the molecule is O=C(Nc1ccc(Cl)cc1)c1c(O)c2c([nH]c1=O)CCCC2. The van der Waals surface area contributed by atoms with Crippen molar-refractivity contribution >= 4 is 23.2 Å². The Labute approximate surface area is 131 Å². The highest BCUT2D eigenvalue weighted by Gasteiger charge is 2.23. The molecular formula is C16H15ClN2O3. The largest absolute Gasteiger partial charge is 0.507 e. The predicted octanol–water partition coefficient (Wildman–Crippen LogP) is 2.87. The Hall–Kier alpha value is -2.27. The summed E-state index contributed by atoms with van der Waals surface area (Å²) in [6.45, 7) is 0. The van der Waals surface area contributed by atoms with E-state index in [-0.39, 0.29) is 11.3 Å². The van der Waals surface area contributed by atoms with Crippen LogP contribution in [0.3, 0.4) is 0 Å². The van der Waals surface area contributed by atoms with Gasteiger partial charge in [-0.25, -0.2) is 0 Å². The number of amides is 1. The van der Waals surface area contributed by atoms with Crippen LogP contribution in [-0.4, -0.2) is 16.0 Å². The minimum absolute atomic E-state index is 0.204. The van der Waals surface area contributed by atoms with Gasteiger partial charge >= 0.3 is 0 Å². The molecule has 0 saturated heterocycles. The van der Waals surface area contributed by atoms with Crippen molar-refractivity contribution in [2.24, 2.45) is 0 Å². The first kappa shape index (κ1) is 14.7. The topological polar surface area (TPSA) is 82.2 Å². The molecule has 1 aliphatic carbocycles. The third-order valence-electron chi connectivity index (χ3n) is 3.81. The summed E-state index contributed by atoms with van der Waals surface area (Å²) in [5.41, 5.74) is 1.11. The highest BCUT2D eigenvalue weighted by molar-refractivity contribution is 6.30. The van der Waals surface area contributed by atoms with E-state index in [1.54, 1.807) is 24.3 Å². The van der Waals surface area contributed by atoms with Crippen LogP contribution in [0.5, 0.6) is 5.75 Å². The molecule has 0 fully saturated rings. The minimum Gasteiger partial charge on any atom is -0.507 e. The molecule has 1 aromatic carbocycles. The molecule has 1 aliphatic rings. The van der Waals surface area contributed by atoms with Crippen LogP contribution in [0.2, 0.25) is 5.02 Å². The number of hydrogen-bond acceptors (Lipinski definition) is 3. The number of carbonyl (C=O) groups is 1. The lowest BCUT2D eigenvalue weighted by Gasteiger charge is -2.18. The van der Waals surface area contributed by atoms with Crippen LogP contribution in [0.25, 0.3) is 0 Å². The van der Waals surface area contributed by atoms with Gasteiger partial charge in [-0.2, -0.15) is 0 Å². The smallest absolute Gasteiger partial charge is 0.265 e. The zero-order valence-corrected chi connectivity index (χ0v) is 12.5. The zero-order valence-electron chi connectivity index (χ0n) is 11.8. The fourth-order valence-electron chi connectivity index (χ4n) is 2.70. The molecule has 3 N–H and O–H groups in total. The molecule has 0 aliphatic heterocycles. The van der Waals surface area contributed by atoms with Crippen LogP contribution < -0.4 is 10.9 Å². The van der Waals surface area contributed by atoms with Gasteiger partial charge in [0.2, 0.25) is 0 Å². The Bertz CT molecular complexity index is 781. The monoisotopic (exact) mass is 318 g/mol. The molecule has 0 spiro atoms. The lowest BCUT2D eigenvalue weighted by molar-refractivity contribution is 0.102. The summed E-state index contributed by atoms with van der Waals surface area (Å²) in [5, 5.41) is 13.5. The predicted molar refractivity (Wildman–Crippen MR) is 84.8 cm³/mol. The first-order valence-electron chi connectivity index (χ1n) is 7.10. The number of nitrogens with one attached hydrogen (secondary N) is 2. The Balaban J connectivity index is 1.95. The van der Waals surface area contributed by atoms with E-state index in [4.69, 9.17) is 11.6 Å². The second-order valence-corrected chi connectivity index (χ2v) is 5.74. The van der Waals surface area contributed by atoms with E-state index >= 15 is 0 Å². The summed E-state index contributed by atoms with van der Waals surface area (Å²) in [5.74, 6) is -0.834. The summed E-state index contributed by atoms with van der Waals surface area (Å²) in [6, 6.07) is 6.52. The molecule has 22 heavy (non-hydrogen) atoms. The molecule has 0 saturated carbocycles. The molecule has 1 heterocycles. The average molecular weight is 319 g/mol. The van der Waals surface area contributed by atoms with Gasteiger partial charge in [-0.05, 0) is 49.9 Å². The lowest BCUT2D eigenvalue weighted by Crippen LogP contribution is -2.26. The van der Waals surface area contributed by atoms with E-state index in [9.17, 15) is 14.7 Å². The van der Waals surface area contributed by atoms with Crippen molar-refractivity contribution in [3.63, 3.8) is 0 Å². The second kappa shape index (κ2) is 5.85. The van der Waals surface area contributed by atoms with Crippen molar-refractivity contribution in [2.75, 3.05) is 5.32 Å². The van der Waals surface area contributed by atoms with Crippen molar-refractivity contribution in [1.82, 2.24) is 4.98 Å². The molecule has 0 unspecified atom stereocenters. The van der Waals surface area contributed by atoms with Crippen molar-refractivity contribution in [3.05, 3.63) is 56.5 Å². The first-order valence-corrected chi connectivity index (χ1v) is 7.48. The van der Waals surface area contributed by atoms with Crippen molar-refractivity contribution in [3.8, 4) is 5.75 Å². The maximum atomic E-state index is 12.3. The van der Waals surface area contributed by atoms with Gasteiger partial charge in [0.05, 0.1) is 0 Å². The first-order chi connectivity index (χ1) is 10.6. The summed E-state index contributed by atoms with van der Waals surface area (Å²) in [4.78, 5) is 27.1. The average Bonchev–Trinajstić information content (AvgIpc) is 2.49. The minimum atomic E-state index is -0.630. The van der Waals surface area contributed by atoms with Gasteiger partial charge < -0.3 is 15.4 Å². The van der Waals surface area contributed by atoms with E-state index < -0.39 is 11.5 Å². The van der Waals surface area contributed by atoms with Gasteiger partial charge in [0.25, 0.3) is 11.5 Å². The molecule has 2 aromatic rings. The van der Waals surface area contributed by atoms with E-state index in [1.165, 1.54) is 0 Å². The molecule has 5 nitrogen and oxygen atoms in total. The summed E-state index contributed by atoms with van der Waals surface area (Å²) < 4.78 is 0. The zero-order chi connectivity index (χ0) is 15.7. The molecule has 3 rings (SSSR count). The quantitative estimate of drug-likeness (QED) is 0.796. The van der Waals surface area contributed by atoms with E-state index in [0.717, 1.165) is 25.0 Å². The molecule has 0 atom stereocenters. The van der Waals surface area contributed by atoms with Crippen LogP contribution in [0.15, 0.2) is 29.1 Å². The maximum Gasteiger partial charge on any atom is 0.265 e. The van der Waals surface area contributed by atoms with Crippen molar-refractivity contribution in [2.45, 2.75) is 25.7 Å². The number of halogens is 1. The highest BCUT2D eigenvalue weighted by atomic mass is 35.5. The van der Waals surface area contributed by atoms with Crippen LogP contribution >= 0.6 is 11.6 Å². The summed E-state index contributed by atoms with van der Waals surface area (Å²) >= 11 is 5.79. The number of aromatic hydroxyl groups is 1. The fourth-order valence-corrected chi connectivity index (χ4v) is 2.83. The van der Waals surface area contributed by atoms with Crippen molar-refractivity contribution in [1.29, 1.82) is 0 Å². The highest BCUT2D eigenvalue weighted by Crippen LogP contribution is 2.29. The summed E-state index contributed by atoms with van der Waals surface area (Å²) in [6.07, 6.45) is 3.29. The van der Waals surface area contributed by atoms with E-state index in [0.29, 0.717) is 22.7 Å². The van der Waals surface area contributed by atoms with Gasteiger partial charge in [0.15, 0.2) is 0 Å². The number of benzene rings is 1. The fraction of sp³-hybridized carbons (Fsp3) is 0.250. The molecule has 6 heteroatoms. The van der Waals surface area contributed by atoms with Crippen LogP contribution in [0.4, 0.5) is 5.69 Å². The number of pyridine rings is 1. The van der Waals surface area contributed by atoms with Gasteiger partial charge in [0.1, 0.15) is 11.3 Å². The molecule has 0 radical (unpaired) electrons. The lowest BCUT2D eigenvalue weighted by atomic mass is 9.93. The Morgan fingerprint density at radius 2 is 1.86 bits per heavy atom. The Morgan fingerprint density at radius 1 is 1.18 bits per heavy atom. The van der Waals surface area contributed by atoms with Crippen LogP contribution in [-0.2, 0) is 12.8 Å². The van der Waals surface area contributed by atoms with Gasteiger partial charge in [-0.3, -0.25) is 9.59 Å². The Kier molecular flexibility index (Phi) is 3.90. The molecule has 1 amide bonds. The normalized spacial score (nSPS) is 13.5. The van der Waals surface area contributed by atoms with Crippen LogP contribution in [0, 0.1) is 0 Å². The van der Waals surface area contributed by atoms with Crippen molar-refractivity contribution < 1.29 is 9.90 Å². The van der Waals surface area contributed by atoms with Gasteiger partial charge in [-0.1, -0.05) is 11.6 Å². The Morgan fingerprint density at radius 3 is 2.59 bits per heavy atom. The molecule has 0 bridgehead atoms. The van der Waals surface area contributed by atoms with Gasteiger partial charge in [-0.15, -0.1) is 0 Å². The molecule has 1 aromatic heterocycles. The number of H-pyrrole nitrogens is 1. The summed E-state index contributed by atoms with van der Waals surface area (Å²) in [7, 11) is 0. The second-order valence-electron chi connectivity index (χ2n) is 5.30. The number of rotatable bonds is 2. The number of aromatic amines is 1. The molecule has 114 valence electrons. The standard InChI is InChI=1S/C16H15ClN2O3/c17-9-5-7-10(8-6-9)18-15(21)13-14(20)11-3-1-2-4-12(11)19-16(13)22/h5-8H,1-4H2,(H,18,21)(H2,19,20,22). The number of carbonyl (C=O) groups excluding carboxylic acids is 1. The number of anilines is 1. The van der Waals surface area contributed by atoms with Crippen LogP contribution in [0.1, 0.15) is 34.5 Å². The number of fused-ring (bicyclic) bond motifs is 1. The number of hydrogen-bond donors (Lipinski definition) is 3. The number of aryl methyl sites for hydroxylation is 1. The maximum absolute atomic E-state index is 12.3. The number of aromatic nitrogens is 1. The van der Waals surface area contributed by atoms with E-state index in [2.05, 4.69) is 10.3 Å². The third-order valence-corrected chi connectivity index (χ3v) is 4.06.